The number of ether oxygens (including phenoxy) is 1. The van der Waals surface area contributed by atoms with Gasteiger partial charge in [-0.15, -0.1) is 0 Å². The Hall–Kier alpha value is -0.0000000000000000555. The molecule has 0 fully saturated rings. The van der Waals surface area contributed by atoms with E-state index < -0.39 is 5.97 Å². The zero-order chi connectivity index (χ0) is 10.0. The van der Waals surface area contributed by atoms with E-state index in [2.05, 4.69) is 4.74 Å². The molecule has 13 heavy (non-hydrogen) atoms. The summed E-state index contributed by atoms with van der Waals surface area (Å²) >= 11 is 13.6. The molecule has 0 atom stereocenters. The van der Waals surface area contributed by atoms with Crippen molar-refractivity contribution in [1.29, 1.82) is 0 Å². The summed E-state index contributed by atoms with van der Waals surface area (Å²) in [6, 6.07) is 3.15. The summed E-state index contributed by atoms with van der Waals surface area (Å²) in [4.78, 5) is 11.1. The Labute approximate surface area is 99.3 Å². The molecule has 0 aliphatic rings. The molecule has 0 aliphatic carbocycles. The van der Waals surface area contributed by atoms with Crippen molar-refractivity contribution < 1.29 is 9.53 Å². The second kappa shape index (κ2) is 4.48. The summed E-state index contributed by atoms with van der Waals surface area (Å²) < 4.78 is 5.20. The average molecular weight is 331 g/mol. The first-order valence-electron chi connectivity index (χ1n) is 3.29. The third-order valence-corrected chi connectivity index (χ3v) is 3.91. The predicted octanol–water partition coefficient (Wildman–Crippen LogP) is 3.38. The third kappa shape index (κ3) is 2.27. The van der Waals surface area contributed by atoms with E-state index >= 15 is 0 Å². The fourth-order valence-electron chi connectivity index (χ4n) is 0.794. The molecule has 5 heteroatoms. The van der Waals surface area contributed by atoms with Gasteiger partial charge in [-0.3, -0.25) is 0 Å². The van der Waals surface area contributed by atoms with Gasteiger partial charge in [-0.2, -0.15) is 0 Å². The number of methoxy groups -OCH3 is 1. The van der Waals surface area contributed by atoms with Crippen LogP contribution in [0.15, 0.2) is 12.1 Å². The number of hydrogen-bond donors (Lipinski definition) is 0. The minimum absolute atomic E-state index is 0.331. The second-order valence-electron chi connectivity index (χ2n) is 2.21. The molecule has 1 aromatic rings. The first-order chi connectivity index (χ1) is 6.07. The van der Waals surface area contributed by atoms with Gasteiger partial charge >= 0.3 is 5.97 Å². The van der Waals surface area contributed by atoms with Crippen LogP contribution in [0.4, 0.5) is 0 Å². The van der Waals surface area contributed by atoms with Crippen molar-refractivity contribution in [2.45, 2.75) is 0 Å². The van der Waals surface area contributed by atoms with Gasteiger partial charge < -0.3 is 4.74 Å². The van der Waals surface area contributed by atoms with Crippen LogP contribution in [0.25, 0.3) is 0 Å². The maximum Gasteiger partial charge on any atom is 0.339 e. The molecule has 0 saturated carbocycles. The number of rotatable bonds is 1. The van der Waals surface area contributed by atoms with E-state index in [9.17, 15) is 4.79 Å². The monoisotopic (exact) mass is 330 g/mol. The van der Waals surface area contributed by atoms with Crippen molar-refractivity contribution >= 4 is 51.8 Å². The van der Waals surface area contributed by atoms with Gasteiger partial charge in [-0.25, -0.2) is 4.79 Å². The van der Waals surface area contributed by atoms with Gasteiger partial charge in [0.1, 0.15) is 0 Å². The first-order valence-corrected chi connectivity index (χ1v) is 5.13. The third-order valence-electron chi connectivity index (χ3n) is 1.44. The van der Waals surface area contributed by atoms with Gasteiger partial charge in [0.05, 0.1) is 26.3 Å². The van der Waals surface area contributed by atoms with Crippen molar-refractivity contribution in [3.8, 4) is 0 Å². The topological polar surface area (TPSA) is 26.3 Å². The van der Waals surface area contributed by atoms with E-state index in [1.54, 1.807) is 12.1 Å². The SMILES string of the molecule is COC(=O)c1ccc(Cl)c(I)c1Cl. The molecule has 0 spiro atoms. The molecule has 1 rings (SSSR count). The molecule has 0 radical (unpaired) electrons. The lowest BCUT2D eigenvalue weighted by Crippen LogP contribution is -2.02. The van der Waals surface area contributed by atoms with Gasteiger partial charge in [0, 0.05) is 0 Å². The van der Waals surface area contributed by atoms with E-state index in [1.165, 1.54) is 7.11 Å². The zero-order valence-electron chi connectivity index (χ0n) is 6.61. The van der Waals surface area contributed by atoms with Crippen molar-refractivity contribution in [2.75, 3.05) is 7.11 Å². The summed E-state index contributed by atoms with van der Waals surface area (Å²) in [5.74, 6) is -0.459. The van der Waals surface area contributed by atoms with Crippen LogP contribution in [0.5, 0.6) is 0 Å². The number of carbonyl (C=O) groups excluding carboxylic acids is 1. The predicted molar refractivity (Wildman–Crippen MR) is 60.5 cm³/mol. The molecule has 2 nitrogen and oxygen atoms in total. The standard InChI is InChI=1S/C8H5Cl2IO2/c1-13-8(12)4-2-3-5(9)7(11)6(4)10/h2-3H,1H3. The van der Waals surface area contributed by atoms with Crippen molar-refractivity contribution in [3.63, 3.8) is 0 Å². The zero-order valence-corrected chi connectivity index (χ0v) is 10.3. The Morgan fingerprint density at radius 1 is 1.46 bits per heavy atom. The normalized spacial score (nSPS) is 9.85. The highest BCUT2D eigenvalue weighted by Gasteiger charge is 2.14. The molecule has 0 saturated heterocycles. The summed E-state index contributed by atoms with van der Waals surface area (Å²) in [6.45, 7) is 0. The van der Waals surface area contributed by atoms with Gasteiger partial charge in [-0.1, -0.05) is 23.2 Å². The number of benzene rings is 1. The number of esters is 1. The molecule has 0 unspecified atom stereocenters. The second-order valence-corrected chi connectivity index (χ2v) is 4.08. The lowest BCUT2D eigenvalue weighted by molar-refractivity contribution is 0.0601. The van der Waals surface area contributed by atoms with Crippen LogP contribution in [0.2, 0.25) is 10.0 Å². The molecule has 0 N–H and O–H groups in total. The van der Waals surface area contributed by atoms with Crippen LogP contribution in [0.3, 0.4) is 0 Å². The van der Waals surface area contributed by atoms with E-state index in [-0.39, 0.29) is 0 Å². The summed E-state index contributed by atoms with van der Waals surface area (Å²) in [6.07, 6.45) is 0. The smallest absolute Gasteiger partial charge is 0.339 e. The van der Waals surface area contributed by atoms with Crippen LogP contribution < -0.4 is 0 Å². The van der Waals surface area contributed by atoms with Crippen LogP contribution in [-0.2, 0) is 4.74 Å². The highest BCUT2D eigenvalue weighted by Crippen LogP contribution is 2.29. The van der Waals surface area contributed by atoms with Crippen molar-refractivity contribution in [1.82, 2.24) is 0 Å². The maximum atomic E-state index is 11.1. The van der Waals surface area contributed by atoms with Crippen LogP contribution in [0, 0.1) is 3.57 Å². The molecular formula is C8H5Cl2IO2. The summed E-state index contributed by atoms with van der Waals surface area (Å²) in [5, 5.41) is 0.859. The molecule has 0 bridgehead atoms. The van der Waals surface area contributed by atoms with E-state index in [1.807, 2.05) is 22.6 Å². The summed E-state index contributed by atoms with van der Waals surface area (Å²) in [5.41, 5.74) is 0.331. The largest absolute Gasteiger partial charge is 0.465 e. The Bertz CT molecular complexity index is 352. The highest BCUT2D eigenvalue weighted by molar-refractivity contribution is 14.1. The minimum Gasteiger partial charge on any atom is -0.465 e. The first kappa shape index (κ1) is 11.1. The van der Waals surface area contributed by atoms with Gasteiger partial charge in [0.15, 0.2) is 0 Å². The Kier molecular flexibility index (Phi) is 3.82. The van der Waals surface area contributed by atoms with E-state index in [0.29, 0.717) is 19.2 Å². The fraction of sp³-hybridized carbons (Fsp3) is 0.125. The quantitative estimate of drug-likeness (QED) is 0.448. The fourth-order valence-corrected chi connectivity index (χ4v) is 1.71. The number of halogens is 3. The molecule has 0 aliphatic heterocycles. The van der Waals surface area contributed by atoms with Crippen molar-refractivity contribution in [2.24, 2.45) is 0 Å². The molecular weight excluding hydrogens is 326 g/mol. The lowest BCUT2D eigenvalue weighted by Gasteiger charge is -2.04. The van der Waals surface area contributed by atoms with Crippen LogP contribution >= 0.6 is 45.8 Å². The Balaban J connectivity index is 3.26. The number of carbonyl (C=O) groups is 1. The molecule has 1 aromatic carbocycles. The molecule has 0 heterocycles. The maximum absolute atomic E-state index is 11.1. The summed E-state index contributed by atoms with van der Waals surface area (Å²) in [7, 11) is 1.31. The van der Waals surface area contributed by atoms with Crippen LogP contribution in [-0.4, -0.2) is 13.1 Å². The van der Waals surface area contributed by atoms with Crippen LogP contribution in [0.1, 0.15) is 10.4 Å². The van der Waals surface area contributed by atoms with Gasteiger partial charge in [0.2, 0.25) is 0 Å². The molecule has 70 valence electrons. The number of hydrogen-bond acceptors (Lipinski definition) is 2. The lowest BCUT2D eigenvalue weighted by atomic mass is 10.2. The highest BCUT2D eigenvalue weighted by atomic mass is 127. The molecule has 0 amide bonds. The average Bonchev–Trinajstić information content (AvgIpc) is 2.13. The van der Waals surface area contributed by atoms with E-state index in [0.717, 1.165) is 0 Å². The Morgan fingerprint density at radius 3 is 2.62 bits per heavy atom. The van der Waals surface area contributed by atoms with Crippen molar-refractivity contribution in [3.05, 3.63) is 31.3 Å². The van der Waals surface area contributed by atoms with E-state index in [4.69, 9.17) is 23.2 Å². The van der Waals surface area contributed by atoms with Gasteiger partial charge in [-0.05, 0) is 34.7 Å². The Morgan fingerprint density at radius 2 is 2.08 bits per heavy atom. The minimum atomic E-state index is -0.459. The van der Waals surface area contributed by atoms with Gasteiger partial charge in [0.25, 0.3) is 0 Å². The molecule has 0 aromatic heterocycles.